The summed E-state index contributed by atoms with van der Waals surface area (Å²) in [7, 11) is 1.62. The fourth-order valence-electron chi connectivity index (χ4n) is 2.47. The minimum Gasteiger partial charge on any atom is -0.490 e. The molecule has 1 atom stereocenters. The number of carbonyl (C=O) groups is 1. The first kappa shape index (κ1) is 26.0. The molecule has 0 fully saturated rings. The summed E-state index contributed by atoms with van der Waals surface area (Å²) in [4.78, 5) is 13.9. The van der Waals surface area contributed by atoms with Gasteiger partial charge in [0.1, 0.15) is 0 Å². The highest BCUT2D eigenvalue weighted by atomic mass is 16.5. The number of nitrogens with zero attached hydrogens (tertiary/aromatic N) is 1. The van der Waals surface area contributed by atoms with E-state index in [1.54, 1.807) is 25.2 Å². The number of urea groups is 1. The number of likely N-dealkylation sites (N-methyl/N-ethyl adjacent to an activating group) is 1. The van der Waals surface area contributed by atoms with Gasteiger partial charge in [-0.2, -0.15) is 0 Å². The van der Waals surface area contributed by atoms with Gasteiger partial charge in [-0.1, -0.05) is 13.8 Å². The number of aliphatic hydroxyl groups is 1. The average Bonchev–Trinajstić information content (AvgIpc) is 2.70. The molecule has 1 rings (SSSR count). The number of rotatable bonds is 15. The lowest BCUT2D eigenvalue weighted by molar-refractivity contribution is -0.0144. The van der Waals surface area contributed by atoms with E-state index < -0.39 is 6.10 Å². The second kappa shape index (κ2) is 14.9. The zero-order chi connectivity index (χ0) is 22.4. The summed E-state index contributed by atoms with van der Waals surface area (Å²) < 4.78 is 22.2. The van der Waals surface area contributed by atoms with Crippen molar-refractivity contribution < 1.29 is 28.8 Å². The molecule has 0 aliphatic heterocycles. The number of hydrogen-bond donors (Lipinski definition) is 2. The van der Waals surface area contributed by atoms with Crippen LogP contribution in [0.25, 0.3) is 0 Å². The smallest absolute Gasteiger partial charge is 0.321 e. The lowest BCUT2D eigenvalue weighted by Crippen LogP contribution is -2.39. The molecule has 172 valence electrons. The number of anilines is 1. The second-order valence-electron chi connectivity index (χ2n) is 7.32. The number of nitrogens with one attached hydrogen (secondary N) is 1. The number of amides is 2. The van der Waals surface area contributed by atoms with Gasteiger partial charge in [-0.15, -0.1) is 0 Å². The molecule has 8 nitrogen and oxygen atoms in total. The molecule has 0 aliphatic carbocycles. The number of benzene rings is 1. The van der Waals surface area contributed by atoms with E-state index >= 15 is 0 Å². The quantitative estimate of drug-likeness (QED) is 0.417. The van der Waals surface area contributed by atoms with Crippen LogP contribution in [-0.2, 0) is 9.47 Å². The normalized spacial score (nSPS) is 12.0. The summed E-state index contributed by atoms with van der Waals surface area (Å²) in [6, 6.07) is 4.98. The van der Waals surface area contributed by atoms with Crippen LogP contribution in [0.2, 0.25) is 0 Å². The Balaban J connectivity index is 2.52. The van der Waals surface area contributed by atoms with Crippen LogP contribution in [0.1, 0.15) is 40.5 Å². The van der Waals surface area contributed by atoms with Crippen LogP contribution in [0, 0.1) is 0 Å². The Morgan fingerprint density at radius 3 is 2.37 bits per heavy atom. The van der Waals surface area contributed by atoms with Crippen molar-refractivity contribution in [3.63, 3.8) is 0 Å². The third-order valence-corrected chi connectivity index (χ3v) is 3.94. The van der Waals surface area contributed by atoms with Crippen molar-refractivity contribution in [2.75, 3.05) is 51.9 Å². The molecule has 30 heavy (non-hydrogen) atoms. The van der Waals surface area contributed by atoms with E-state index in [9.17, 15) is 9.90 Å². The predicted molar refractivity (Wildman–Crippen MR) is 118 cm³/mol. The van der Waals surface area contributed by atoms with Gasteiger partial charge in [-0.25, -0.2) is 4.79 Å². The van der Waals surface area contributed by atoms with Gasteiger partial charge in [0.2, 0.25) is 0 Å². The highest BCUT2D eigenvalue weighted by molar-refractivity contribution is 5.89. The second-order valence-corrected chi connectivity index (χ2v) is 7.32. The summed E-state index contributed by atoms with van der Waals surface area (Å²) >= 11 is 0. The maximum absolute atomic E-state index is 12.5. The molecule has 1 aromatic carbocycles. The van der Waals surface area contributed by atoms with Gasteiger partial charge >= 0.3 is 6.03 Å². The highest BCUT2D eigenvalue weighted by Crippen LogP contribution is 2.31. The number of ether oxygens (including phenoxy) is 4. The molecule has 2 amide bonds. The summed E-state index contributed by atoms with van der Waals surface area (Å²) in [5.41, 5.74) is 0.596. The van der Waals surface area contributed by atoms with Crippen molar-refractivity contribution >= 4 is 11.7 Å². The van der Waals surface area contributed by atoms with Gasteiger partial charge in [-0.3, -0.25) is 0 Å². The Hall–Kier alpha value is -2.03. The van der Waals surface area contributed by atoms with E-state index in [1.807, 2.05) is 27.7 Å². The van der Waals surface area contributed by atoms with Crippen LogP contribution in [0.5, 0.6) is 11.5 Å². The van der Waals surface area contributed by atoms with E-state index in [1.165, 1.54) is 4.90 Å². The van der Waals surface area contributed by atoms with E-state index in [2.05, 4.69) is 5.32 Å². The molecule has 0 spiro atoms. The Bertz CT molecular complexity index is 611. The van der Waals surface area contributed by atoms with Crippen LogP contribution >= 0.6 is 0 Å². The van der Waals surface area contributed by atoms with Gasteiger partial charge in [0, 0.05) is 18.8 Å². The van der Waals surface area contributed by atoms with Crippen LogP contribution in [0.4, 0.5) is 10.5 Å². The first-order valence-electron chi connectivity index (χ1n) is 10.7. The third-order valence-electron chi connectivity index (χ3n) is 3.94. The molecule has 1 aromatic rings. The van der Waals surface area contributed by atoms with Crippen molar-refractivity contribution in [2.24, 2.45) is 0 Å². The van der Waals surface area contributed by atoms with Gasteiger partial charge in [-0.05, 0) is 38.8 Å². The summed E-state index contributed by atoms with van der Waals surface area (Å²) in [6.07, 6.45) is 1.13. The average molecular weight is 427 g/mol. The lowest BCUT2D eigenvalue weighted by atomic mass is 10.2. The SMILES string of the molecule is CCCOc1ccc(NC(=O)N(C)CC(O)COCCOC(C)C)cc1OCCC. The van der Waals surface area contributed by atoms with Crippen LogP contribution in [0.15, 0.2) is 18.2 Å². The van der Waals surface area contributed by atoms with Crippen LogP contribution in [0.3, 0.4) is 0 Å². The Morgan fingerprint density at radius 1 is 1.07 bits per heavy atom. The summed E-state index contributed by atoms with van der Waals surface area (Å²) in [5, 5.41) is 12.9. The zero-order valence-corrected chi connectivity index (χ0v) is 19.0. The Kier molecular flexibility index (Phi) is 12.9. The lowest BCUT2D eigenvalue weighted by Gasteiger charge is -2.22. The van der Waals surface area contributed by atoms with Crippen molar-refractivity contribution in [3.8, 4) is 11.5 Å². The molecule has 2 N–H and O–H groups in total. The topological polar surface area (TPSA) is 89.5 Å². The fourth-order valence-corrected chi connectivity index (χ4v) is 2.47. The van der Waals surface area contributed by atoms with Crippen molar-refractivity contribution in [2.45, 2.75) is 52.7 Å². The first-order chi connectivity index (χ1) is 14.4. The Labute approximate surface area is 180 Å². The summed E-state index contributed by atoms with van der Waals surface area (Å²) in [6.45, 7) is 10.3. The van der Waals surface area contributed by atoms with Gasteiger partial charge in [0.25, 0.3) is 0 Å². The van der Waals surface area contributed by atoms with Crippen LogP contribution in [-0.4, -0.2) is 74.9 Å². The molecule has 0 bridgehead atoms. The van der Waals surface area contributed by atoms with Gasteiger partial charge in [0.15, 0.2) is 11.5 Å². The third kappa shape index (κ3) is 10.7. The Morgan fingerprint density at radius 2 is 1.73 bits per heavy atom. The molecule has 0 heterocycles. The summed E-state index contributed by atoms with van der Waals surface area (Å²) in [5.74, 6) is 1.26. The molecule has 0 aliphatic rings. The van der Waals surface area contributed by atoms with Crippen molar-refractivity contribution in [1.82, 2.24) is 4.90 Å². The number of carbonyl (C=O) groups excluding carboxylic acids is 1. The van der Waals surface area contributed by atoms with Crippen LogP contribution < -0.4 is 14.8 Å². The largest absolute Gasteiger partial charge is 0.490 e. The minimum atomic E-state index is -0.784. The van der Waals surface area contributed by atoms with E-state index in [0.717, 1.165) is 12.8 Å². The molecule has 0 radical (unpaired) electrons. The monoisotopic (exact) mass is 426 g/mol. The molecule has 0 saturated heterocycles. The predicted octanol–water partition coefficient (Wildman–Crippen LogP) is 3.53. The minimum absolute atomic E-state index is 0.136. The maximum Gasteiger partial charge on any atom is 0.321 e. The van der Waals surface area contributed by atoms with Crippen molar-refractivity contribution in [1.29, 1.82) is 0 Å². The standard InChI is InChI=1S/C22H38N2O6/c1-6-10-29-20-9-8-18(14-21(20)30-11-7-2)23-22(26)24(5)15-19(25)16-27-12-13-28-17(3)4/h8-9,14,17,19,25H,6-7,10-13,15-16H2,1-5H3,(H,23,26). The molecule has 0 aromatic heterocycles. The molecular weight excluding hydrogens is 388 g/mol. The fraction of sp³-hybridized carbons (Fsp3) is 0.682. The highest BCUT2D eigenvalue weighted by Gasteiger charge is 2.15. The molecular formula is C22H38N2O6. The van der Waals surface area contributed by atoms with Gasteiger partial charge in [0.05, 0.1) is 51.8 Å². The molecule has 8 heteroatoms. The van der Waals surface area contributed by atoms with E-state index in [0.29, 0.717) is 43.6 Å². The first-order valence-corrected chi connectivity index (χ1v) is 10.7. The number of hydrogen-bond acceptors (Lipinski definition) is 6. The van der Waals surface area contributed by atoms with Crippen molar-refractivity contribution in [3.05, 3.63) is 18.2 Å². The maximum atomic E-state index is 12.5. The zero-order valence-electron chi connectivity index (χ0n) is 19.0. The molecule has 0 saturated carbocycles. The van der Waals surface area contributed by atoms with E-state index in [4.69, 9.17) is 18.9 Å². The number of aliphatic hydroxyl groups excluding tert-OH is 1. The molecule has 1 unspecified atom stereocenters. The van der Waals surface area contributed by atoms with E-state index in [-0.39, 0.29) is 25.3 Å². The van der Waals surface area contributed by atoms with Gasteiger partial charge < -0.3 is 34.3 Å².